The molecule has 0 fully saturated rings. The van der Waals surface area contributed by atoms with Gasteiger partial charge >= 0.3 is 5.97 Å². The maximum atomic E-state index is 12.5. The van der Waals surface area contributed by atoms with E-state index in [1.165, 1.54) is 12.1 Å². The Morgan fingerprint density at radius 3 is 2.40 bits per heavy atom. The fourth-order valence-corrected chi connectivity index (χ4v) is 2.78. The van der Waals surface area contributed by atoms with Gasteiger partial charge < -0.3 is 10.1 Å². The van der Waals surface area contributed by atoms with Crippen molar-refractivity contribution < 1.29 is 23.1 Å². The molecule has 4 nitrogen and oxygen atoms in total. The molecule has 0 saturated heterocycles. The summed E-state index contributed by atoms with van der Waals surface area (Å²) in [5, 5.41) is 2.71. The van der Waals surface area contributed by atoms with Crippen LogP contribution in [0.4, 0.5) is 8.78 Å². The SMILES string of the molecule is C[C@@H](NC(=O)COC(=O)c1ccccc1SC(F)F)c1ccccc1. The van der Waals surface area contributed by atoms with Crippen molar-refractivity contribution in [2.24, 2.45) is 0 Å². The number of thioether (sulfide) groups is 1. The number of carbonyl (C=O) groups excluding carboxylic acids is 2. The first kappa shape index (κ1) is 18.9. The minimum absolute atomic E-state index is 0.0108. The molecule has 2 rings (SSSR count). The quantitative estimate of drug-likeness (QED) is 0.594. The van der Waals surface area contributed by atoms with Gasteiger partial charge in [-0.05, 0) is 24.6 Å². The number of rotatable bonds is 7. The summed E-state index contributed by atoms with van der Waals surface area (Å²) in [6.07, 6.45) is 0. The normalized spacial score (nSPS) is 11.8. The molecular weight excluding hydrogens is 348 g/mol. The van der Waals surface area contributed by atoms with Gasteiger partial charge in [0.05, 0.1) is 11.6 Å². The van der Waals surface area contributed by atoms with E-state index in [1.54, 1.807) is 12.1 Å². The van der Waals surface area contributed by atoms with Crippen molar-refractivity contribution in [3.63, 3.8) is 0 Å². The Balaban J connectivity index is 1.90. The van der Waals surface area contributed by atoms with Crippen LogP contribution in [0.15, 0.2) is 59.5 Å². The first-order valence-electron chi connectivity index (χ1n) is 7.52. The molecule has 0 unspecified atom stereocenters. The van der Waals surface area contributed by atoms with Crippen molar-refractivity contribution in [2.45, 2.75) is 23.6 Å². The summed E-state index contributed by atoms with van der Waals surface area (Å²) in [7, 11) is 0. The molecule has 0 aliphatic heterocycles. The first-order chi connectivity index (χ1) is 12.0. The van der Waals surface area contributed by atoms with Crippen LogP contribution in [-0.4, -0.2) is 24.2 Å². The molecule has 132 valence electrons. The molecule has 1 atom stereocenters. The molecule has 2 aromatic carbocycles. The second-order valence-electron chi connectivity index (χ2n) is 5.15. The number of halogens is 2. The van der Waals surface area contributed by atoms with Crippen molar-refractivity contribution in [3.05, 3.63) is 65.7 Å². The lowest BCUT2D eigenvalue weighted by atomic mass is 10.1. The maximum absolute atomic E-state index is 12.5. The van der Waals surface area contributed by atoms with E-state index < -0.39 is 24.2 Å². The lowest BCUT2D eigenvalue weighted by Gasteiger charge is -2.14. The van der Waals surface area contributed by atoms with Gasteiger partial charge in [-0.1, -0.05) is 54.2 Å². The number of alkyl halides is 2. The molecule has 25 heavy (non-hydrogen) atoms. The second-order valence-corrected chi connectivity index (χ2v) is 6.18. The molecule has 2 aromatic rings. The molecule has 0 aliphatic carbocycles. The van der Waals surface area contributed by atoms with E-state index in [4.69, 9.17) is 4.74 Å². The van der Waals surface area contributed by atoms with Gasteiger partial charge in [0, 0.05) is 4.90 Å². The number of benzene rings is 2. The van der Waals surface area contributed by atoms with Crippen LogP contribution < -0.4 is 5.32 Å². The molecule has 0 radical (unpaired) electrons. The van der Waals surface area contributed by atoms with Crippen LogP contribution in [0, 0.1) is 0 Å². The topological polar surface area (TPSA) is 55.4 Å². The summed E-state index contributed by atoms with van der Waals surface area (Å²) in [5.41, 5.74) is 0.928. The molecule has 1 amide bonds. The van der Waals surface area contributed by atoms with E-state index >= 15 is 0 Å². The second kappa shape index (κ2) is 9.17. The van der Waals surface area contributed by atoms with Gasteiger partial charge in [0.2, 0.25) is 0 Å². The summed E-state index contributed by atoms with van der Waals surface area (Å²) in [4.78, 5) is 24.1. The summed E-state index contributed by atoms with van der Waals surface area (Å²) in [5.74, 6) is -3.93. The highest BCUT2D eigenvalue weighted by Crippen LogP contribution is 2.28. The van der Waals surface area contributed by atoms with E-state index in [2.05, 4.69) is 5.32 Å². The zero-order valence-electron chi connectivity index (χ0n) is 13.4. The van der Waals surface area contributed by atoms with Crippen LogP contribution in [0.2, 0.25) is 0 Å². The standard InChI is InChI=1S/C18H17F2NO3S/c1-12(13-7-3-2-4-8-13)21-16(22)11-24-17(23)14-9-5-6-10-15(14)25-18(19)20/h2-10,12,18H,11H2,1H3,(H,21,22)/t12-/m1/s1. The van der Waals surface area contributed by atoms with Crippen molar-refractivity contribution in [3.8, 4) is 0 Å². The number of ether oxygens (including phenoxy) is 1. The van der Waals surface area contributed by atoms with Crippen LogP contribution in [0.25, 0.3) is 0 Å². The average molecular weight is 365 g/mol. The molecule has 0 spiro atoms. The summed E-state index contributed by atoms with van der Waals surface area (Å²) >= 11 is 0.261. The fraction of sp³-hybridized carbons (Fsp3) is 0.222. The Morgan fingerprint density at radius 1 is 1.08 bits per heavy atom. The van der Waals surface area contributed by atoms with Gasteiger partial charge in [-0.15, -0.1) is 0 Å². The molecule has 7 heteroatoms. The smallest absolute Gasteiger partial charge is 0.339 e. The Bertz CT molecular complexity index is 725. The number of carbonyl (C=O) groups is 2. The highest BCUT2D eigenvalue weighted by molar-refractivity contribution is 7.99. The monoisotopic (exact) mass is 365 g/mol. The minimum Gasteiger partial charge on any atom is -0.452 e. The summed E-state index contributed by atoms with van der Waals surface area (Å²) < 4.78 is 30.0. The number of amides is 1. The molecule has 0 bridgehead atoms. The largest absolute Gasteiger partial charge is 0.452 e. The number of nitrogens with one attached hydrogen (secondary N) is 1. The lowest BCUT2D eigenvalue weighted by molar-refractivity contribution is -0.124. The molecule has 0 saturated carbocycles. The zero-order chi connectivity index (χ0) is 18.2. The maximum Gasteiger partial charge on any atom is 0.339 e. The van der Waals surface area contributed by atoms with Crippen molar-refractivity contribution in [1.29, 1.82) is 0 Å². The summed E-state index contributed by atoms with van der Waals surface area (Å²) in [6.45, 7) is 1.33. The average Bonchev–Trinajstić information content (AvgIpc) is 2.60. The van der Waals surface area contributed by atoms with Crippen molar-refractivity contribution in [2.75, 3.05) is 6.61 Å². The van der Waals surface area contributed by atoms with E-state index in [1.807, 2.05) is 37.3 Å². The molecule has 0 heterocycles. The van der Waals surface area contributed by atoms with Crippen molar-refractivity contribution >= 4 is 23.6 Å². The first-order valence-corrected chi connectivity index (χ1v) is 8.40. The summed E-state index contributed by atoms with van der Waals surface area (Å²) in [6, 6.07) is 15.0. The van der Waals surface area contributed by atoms with Gasteiger partial charge in [0.1, 0.15) is 0 Å². The van der Waals surface area contributed by atoms with Crippen LogP contribution in [0.1, 0.15) is 28.9 Å². The van der Waals surface area contributed by atoms with E-state index in [0.717, 1.165) is 5.56 Å². The van der Waals surface area contributed by atoms with Crippen LogP contribution in [-0.2, 0) is 9.53 Å². The van der Waals surface area contributed by atoms with Gasteiger partial charge in [-0.3, -0.25) is 4.79 Å². The predicted octanol–water partition coefficient (Wildman–Crippen LogP) is 4.04. The highest BCUT2D eigenvalue weighted by Gasteiger charge is 2.18. The zero-order valence-corrected chi connectivity index (χ0v) is 14.3. The van der Waals surface area contributed by atoms with Gasteiger partial charge in [0.15, 0.2) is 6.61 Å². The third-order valence-corrected chi connectivity index (χ3v) is 4.12. The molecule has 0 aliphatic rings. The number of hydrogen-bond acceptors (Lipinski definition) is 4. The molecule has 0 aromatic heterocycles. The molecular formula is C18H17F2NO3S. The Morgan fingerprint density at radius 2 is 1.72 bits per heavy atom. The minimum atomic E-state index is -2.65. The Kier molecular flexibility index (Phi) is 6.94. The van der Waals surface area contributed by atoms with Gasteiger partial charge in [-0.25, -0.2) is 4.79 Å². The van der Waals surface area contributed by atoms with E-state index in [9.17, 15) is 18.4 Å². The fourth-order valence-electron chi connectivity index (χ4n) is 2.15. The number of esters is 1. The Hall–Kier alpha value is -2.41. The lowest BCUT2D eigenvalue weighted by Crippen LogP contribution is -2.31. The van der Waals surface area contributed by atoms with Gasteiger partial charge in [0.25, 0.3) is 11.7 Å². The predicted molar refractivity (Wildman–Crippen MR) is 91.6 cm³/mol. The van der Waals surface area contributed by atoms with Gasteiger partial charge in [-0.2, -0.15) is 8.78 Å². The Labute approximate surface area is 148 Å². The van der Waals surface area contributed by atoms with E-state index in [-0.39, 0.29) is 28.3 Å². The molecule has 1 N–H and O–H groups in total. The highest BCUT2D eigenvalue weighted by atomic mass is 32.2. The van der Waals surface area contributed by atoms with Crippen LogP contribution >= 0.6 is 11.8 Å². The van der Waals surface area contributed by atoms with E-state index in [0.29, 0.717) is 0 Å². The van der Waals surface area contributed by atoms with Crippen LogP contribution in [0.3, 0.4) is 0 Å². The third-order valence-electron chi connectivity index (χ3n) is 3.33. The number of hydrogen-bond donors (Lipinski definition) is 1. The third kappa shape index (κ3) is 5.86. The van der Waals surface area contributed by atoms with Crippen molar-refractivity contribution in [1.82, 2.24) is 5.32 Å². The van der Waals surface area contributed by atoms with Crippen LogP contribution in [0.5, 0.6) is 0 Å².